The summed E-state index contributed by atoms with van der Waals surface area (Å²) in [5.41, 5.74) is 2.04. The van der Waals surface area contributed by atoms with Gasteiger partial charge in [-0.1, -0.05) is 41.9 Å². The van der Waals surface area contributed by atoms with Crippen LogP contribution in [0.5, 0.6) is 5.75 Å². The number of rotatable bonds is 4. The fraction of sp³-hybridized carbons (Fsp3) is 0.0625. The SMILES string of the molecule is Clc1[c]ccc(OCc2csc(-c3ccccc3)n2)c1. The molecular weight excluding hydrogens is 290 g/mol. The first-order valence-electron chi connectivity index (χ1n) is 6.11. The molecule has 1 heterocycles. The number of aromatic nitrogens is 1. The fourth-order valence-electron chi connectivity index (χ4n) is 1.75. The number of nitrogens with zero attached hydrogens (tertiary/aromatic N) is 1. The Hall–Kier alpha value is -1.84. The summed E-state index contributed by atoms with van der Waals surface area (Å²) in [5, 5.41) is 3.56. The van der Waals surface area contributed by atoms with E-state index in [-0.39, 0.29) is 0 Å². The van der Waals surface area contributed by atoms with Crippen LogP contribution in [-0.2, 0) is 6.61 Å². The molecule has 3 aromatic rings. The number of hydrogen-bond donors (Lipinski definition) is 0. The summed E-state index contributed by atoms with van der Waals surface area (Å²) < 4.78 is 5.66. The van der Waals surface area contributed by atoms with Crippen LogP contribution in [0.25, 0.3) is 10.6 Å². The highest BCUT2D eigenvalue weighted by atomic mass is 35.5. The average molecular weight is 301 g/mol. The number of benzene rings is 2. The zero-order valence-electron chi connectivity index (χ0n) is 10.5. The van der Waals surface area contributed by atoms with Crippen LogP contribution < -0.4 is 4.74 Å². The van der Waals surface area contributed by atoms with E-state index in [1.54, 1.807) is 23.5 Å². The maximum absolute atomic E-state index is 5.86. The summed E-state index contributed by atoms with van der Waals surface area (Å²) in [7, 11) is 0. The van der Waals surface area contributed by atoms with Gasteiger partial charge in [0, 0.05) is 17.0 Å². The molecule has 1 aromatic heterocycles. The Bertz CT molecular complexity index is 696. The van der Waals surface area contributed by atoms with Gasteiger partial charge in [-0.05, 0) is 18.2 Å². The van der Waals surface area contributed by atoms with Gasteiger partial charge >= 0.3 is 0 Å². The molecule has 3 rings (SSSR count). The molecule has 1 radical (unpaired) electrons. The molecule has 0 bridgehead atoms. The van der Waals surface area contributed by atoms with E-state index in [9.17, 15) is 0 Å². The van der Waals surface area contributed by atoms with Crippen LogP contribution >= 0.6 is 22.9 Å². The molecule has 0 unspecified atom stereocenters. The van der Waals surface area contributed by atoms with Gasteiger partial charge in [0.25, 0.3) is 0 Å². The number of hydrogen-bond acceptors (Lipinski definition) is 3. The van der Waals surface area contributed by atoms with E-state index in [4.69, 9.17) is 16.3 Å². The number of thiazole rings is 1. The van der Waals surface area contributed by atoms with Crippen molar-refractivity contribution in [3.05, 3.63) is 70.7 Å². The molecule has 0 saturated carbocycles. The summed E-state index contributed by atoms with van der Waals surface area (Å²) in [4.78, 5) is 4.57. The normalized spacial score (nSPS) is 10.4. The average Bonchev–Trinajstić information content (AvgIpc) is 2.95. The predicted octanol–water partition coefficient (Wildman–Crippen LogP) is 4.84. The third-order valence-corrected chi connectivity index (χ3v) is 3.86. The smallest absolute Gasteiger partial charge is 0.131 e. The van der Waals surface area contributed by atoms with Gasteiger partial charge in [0.15, 0.2) is 0 Å². The Morgan fingerprint density at radius 1 is 1.20 bits per heavy atom. The summed E-state index contributed by atoms with van der Waals surface area (Å²) >= 11 is 7.48. The van der Waals surface area contributed by atoms with Gasteiger partial charge < -0.3 is 4.74 Å². The minimum atomic E-state index is 0.434. The lowest BCUT2D eigenvalue weighted by molar-refractivity contribution is 0.302. The van der Waals surface area contributed by atoms with Crippen LogP contribution in [-0.4, -0.2) is 4.98 Å². The lowest BCUT2D eigenvalue weighted by Crippen LogP contribution is -1.95. The van der Waals surface area contributed by atoms with Gasteiger partial charge in [0.2, 0.25) is 0 Å². The Balaban J connectivity index is 1.69. The van der Waals surface area contributed by atoms with Crippen molar-refractivity contribution in [2.75, 3.05) is 0 Å². The number of halogens is 1. The van der Waals surface area contributed by atoms with Crippen molar-refractivity contribution in [1.82, 2.24) is 4.98 Å². The first-order valence-corrected chi connectivity index (χ1v) is 7.37. The van der Waals surface area contributed by atoms with Crippen molar-refractivity contribution < 1.29 is 4.74 Å². The summed E-state index contributed by atoms with van der Waals surface area (Å²) in [6, 6.07) is 18.3. The van der Waals surface area contributed by atoms with E-state index in [1.165, 1.54) is 0 Å². The molecule has 4 heteroatoms. The second-order valence-electron chi connectivity index (χ2n) is 4.17. The van der Waals surface area contributed by atoms with E-state index >= 15 is 0 Å². The second kappa shape index (κ2) is 6.07. The summed E-state index contributed by atoms with van der Waals surface area (Å²) in [6.07, 6.45) is 0. The van der Waals surface area contributed by atoms with Gasteiger partial charge in [0.05, 0.1) is 10.7 Å². The van der Waals surface area contributed by atoms with Crippen LogP contribution in [0.4, 0.5) is 0 Å². The zero-order valence-corrected chi connectivity index (χ0v) is 12.1. The van der Waals surface area contributed by atoms with Crippen molar-refractivity contribution in [2.24, 2.45) is 0 Å². The van der Waals surface area contributed by atoms with E-state index in [0.29, 0.717) is 11.6 Å². The molecule has 0 fully saturated rings. The molecule has 0 aliphatic rings. The first-order chi connectivity index (χ1) is 9.81. The minimum absolute atomic E-state index is 0.434. The third kappa shape index (κ3) is 3.18. The molecule has 0 aliphatic heterocycles. The van der Waals surface area contributed by atoms with Gasteiger partial charge in [-0.15, -0.1) is 11.3 Å². The highest BCUT2D eigenvalue weighted by Gasteiger charge is 2.05. The largest absolute Gasteiger partial charge is 0.487 e. The van der Waals surface area contributed by atoms with Crippen LogP contribution in [0, 0.1) is 6.07 Å². The molecular formula is C16H11ClNOS. The van der Waals surface area contributed by atoms with Crippen LogP contribution in [0.3, 0.4) is 0 Å². The van der Waals surface area contributed by atoms with Crippen molar-refractivity contribution >= 4 is 22.9 Å². The van der Waals surface area contributed by atoms with Gasteiger partial charge in [-0.2, -0.15) is 0 Å². The molecule has 0 aliphatic carbocycles. The quantitative estimate of drug-likeness (QED) is 0.687. The molecule has 0 saturated heterocycles. The number of ether oxygens (including phenoxy) is 1. The molecule has 2 nitrogen and oxygen atoms in total. The van der Waals surface area contributed by atoms with Crippen molar-refractivity contribution in [3.8, 4) is 16.3 Å². The van der Waals surface area contributed by atoms with Crippen LogP contribution in [0.2, 0.25) is 5.02 Å². The van der Waals surface area contributed by atoms with Gasteiger partial charge in [-0.3, -0.25) is 0 Å². The first kappa shape index (κ1) is 13.2. The highest BCUT2D eigenvalue weighted by Crippen LogP contribution is 2.24. The van der Waals surface area contributed by atoms with E-state index in [2.05, 4.69) is 23.2 Å². The minimum Gasteiger partial charge on any atom is -0.487 e. The Morgan fingerprint density at radius 3 is 2.85 bits per heavy atom. The van der Waals surface area contributed by atoms with Crippen molar-refractivity contribution in [2.45, 2.75) is 6.61 Å². The predicted molar refractivity (Wildman–Crippen MR) is 82.2 cm³/mol. The summed E-state index contributed by atoms with van der Waals surface area (Å²) in [5.74, 6) is 0.725. The Kier molecular flexibility index (Phi) is 4.00. The monoisotopic (exact) mass is 300 g/mol. The Labute approximate surface area is 126 Å². The summed E-state index contributed by atoms with van der Waals surface area (Å²) in [6.45, 7) is 0.434. The fourth-order valence-corrected chi connectivity index (χ4v) is 2.73. The lowest BCUT2D eigenvalue weighted by atomic mass is 10.2. The van der Waals surface area contributed by atoms with Crippen molar-refractivity contribution in [3.63, 3.8) is 0 Å². The van der Waals surface area contributed by atoms with Crippen LogP contribution in [0.1, 0.15) is 5.69 Å². The molecule has 0 atom stereocenters. The standard InChI is InChI=1S/C16H11ClNOS/c17-13-7-4-8-15(9-13)19-10-14-11-20-16(18-14)12-5-2-1-3-6-12/h1-6,8-9,11H,10H2. The van der Waals surface area contributed by atoms with Gasteiger partial charge in [-0.25, -0.2) is 4.98 Å². The zero-order chi connectivity index (χ0) is 13.8. The maximum Gasteiger partial charge on any atom is 0.131 e. The van der Waals surface area contributed by atoms with E-state index < -0.39 is 0 Å². The maximum atomic E-state index is 5.86. The lowest BCUT2D eigenvalue weighted by Gasteiger charge is -2.03. The second-order valence-corrected chi connectivity index (χ2v) is 5.44. The highest BCUT2D eigenvalue weighted by molar-refractivity contribution is 7.13. The third-order valence-electron chi connectivity index (χ3n) is 2.70. The van der Waals surface area contributed by atoms with E-state index in [0.717, 1.165) is 22.0 Å². The molecule has 0 amide bonds. The molecule has 0 spiro atoms. The van der Waals surface area contributed by atoms with Crippen LogP contribution in [0.15, 0.2) is 53.9 Å². The van der Waals surface area contributed by atoms with Gasteiger partial charge in [0.1, 0.15) is 17.4 Å². The van der Waals surface area contributed by atoms with E-state index in [1.807, 2.05) is 29.6 Å². The topological polar surface area (TPSA) is 22.1 Å². The molecule has 2 aromatic carbocycles. The van der Waals surface area contributed by atoms with Crippen molar-refractivity contribution in [1.29, 1.82) is 0 Å². The Morgan fingerprint density at radius 2 is 2.05 bits per heavy atom. The molecule has 99 valence electrons. The molecule has 0 N–H and O–H groups in total. The molecule has 20 heavy (non-hydrogen) atoms.